The summed E-state index contributed by atoms with van der Waals surface area (Å²) in [4.78, 5) is 13.0. The number of ether oxygens (including phenoxy) is 2. The fraction of sp³-hybridized carbons (Fsp3) is 0.125. The molecule has 0 radical (unpaired) electrons. The molecule has 0 bridgehead atoms. The Kier molecular flexibility index (Phi) is 5.41. The predicted molar refractivity (Wildman–Crippen MR) is 115 cm³/mol. The summed E-state index contributed by atoms with van der Waals surface area (Å²) in [5.74, 6) is 1.79. The number of hydrogen-bond donors (Lipinski definition) is 2. The number of methoxy groups -OCH3 is 2. The van der Waals surface area contributed by atoms with Crippen molar-refractivity contribution in [3.05, 3.63) is 78.1 Å². The van der Waals surface area contributed by atoms with Crippen LogP contribution in [0, 0.1) is 0 Å². The van der Waals surface area contributed by atoms with Crippen molar-refractivity contribution in [2.45, 2.75) is 6.61 Å². The number of amides is 1. The first kappa shape index (κ1) is 19.5. The van der Waals surface area contributed by atoms with Gasteiger partial charge < -0.3 is 24.3 Å². The third-order valence-electron chi connectivity index (χ3n) is 4.85. The quantitative estimate of drug-likeness (QED) is 0.480. The Bertz CT molecular complexity index is 1210. The Morgan fingerprint density at radius 3 is 2.33 bits per heavy atom. The SMILES string of the molecule is COc1cc2ccccc2cc1C(=O)Nc1ccc(OC)c(-c2ccc(CO)o2)c1. The van der Waals surface area contributed by atoms with Crippen LogP contribution in [-0.2, 0) is 6.61 Å². The summed E-state index contributed by atoms with van der Waals surface area (Å²) < 4.78 is 16.5. The van der Waals surface area contributed by atoms with E-state index in [1.54, 1.807) is 44.6 Å². The zero-order valence-electron chi connectivity index (χ0n) is 16.6. The lowest BCUT2D eigenvalue weighted by Gasteiger charge is -2.13. The molecule has 152 valence electrons. The highest BCUT2D eigenvalue weighted by molar-refractivity contribution is 6.09. The number of aliphatic hydroxyl groups is 1. The molecule has 0 spiro atoms. The first-order valence-corrected chi connectivity index (χ1v) is 9.39. The third kappa shape index (κ3) is 3.73. The Hall–Kier alpha value is -3.77. The number of carbonyl (C=O) groups is 1. The van der Waals surface area contributed by atoms with E-state index in [1.807, 2.05) is 36.4 Å². The van der Waals surface area contributed by atoms with E-state index in [1.165, 1.54) is 0 Å². The molecule has 1 amide bonds. The van der Waals surface area contributed by atoms with Crippen molar-refractivity contribution >= 4 is 22.4 Å². The van der Waals surface area contributed by atoms with E-state index in [4.69, 9.17) is 13.9 Å². The zero-order valence-corrected chi connectivity index (χ0v) is 16.6. The number of anilines is 1. The number of furan rings is 1. The van der Waals surface area contributed by atoms with Gasteiger partial charge in [-0.1, -0.05) is 24.3 Å². The van der Waals surface area contributed by atoms with Gasteiger partial charge in [-0.05, 0) is 53.2 Å². The highest BCUT2D eigenvalue weighted by Gasteiger charge is 2.16. The summed E-state index contributed by atoms with van der Waals surface area (Å²) in [5, 5.41) is 14.1. The molecule has 0 aliphatic heterocycles. The molecule has 3 aromatic carbocycles. The molecular weight excluding hydrogens is 382 g/mol. The van der Waals surface area contributed by atoms with Crippen LogP contribution in [0.5, 0.6) is 11.5 Å². The molecule has 0 atom stereocenters. The molecule has 6 nitrogen and oxygen atoms in total. The summed E-state index contributed by atoms with van der Waals surface area (Å²) >= 11 is 0. The van der Waals surface area contributed by atoms with E-state index in [0.717, 1.165) is 10.8 Å². The number of nitrogens with one attached hydrogen (secondary N) is 1. The maximum Gasteiger partial charge on any atom is 0.259 e. The lowest BCUT2D eigenvalue weighted by atomic mass is 10.0. The minimum absolute atomic E-state index is 0.194. The molecule has 6 heteroatoms. The summed E-state index contributed by atoms with van der Waals surface area (Å²) in [6.45, 7) is -0.194. The molecule has 4 rings (SSSR count). The topological polar surface area (TPSA) is 80.9 Å². The van der Waals surface area contributed by atoms with E-state index in [2.05, 4.69) is 5.32 Å². The number of carbonyl (C=O) groups excluding carboxylic acids is 1. The fourth-order valence-corrected chi connectivity index (χ4v) is 3.35. The fourth-order valence-electron chi connectivity index (χ4n) is 3.35. The number of fused-ring (bicyclic) bond motifs is 1. The molecule has 0 aliphatic rings. The molecule has 0 saturated heterocycles. The van der Waals surface area contributed by atoms with E-state index < -0.39 is 0 Å². The van der Waals surface area contributed by atoms with Crippen LogP contribution in [0.4, 0.5) is 5.69 Å². The number of aliphatic hydroxyl groups excluding tert-OH is 1. The van der Waals surface area contributed by atoms with Gasteiger partial charge in [0.05, 0.1) is 25.3 Å². The maximum atomic E-state index is 13.0. The van der Waals surface area contributed by atoms with Crippen molar-refractivity contribution in [3.63, 3.8) is 0 Å². The van der Waals surface area contributed by atoms with E-state index >= 15 is 0 Å². The van der Waals surface area contributed by atoms with Gasteiger partial charge in [0.1, 0.15) is 29.6 Å². The second kappa shape index (κ2) is 8.31. The third-order valence-corrected chi connectivity index (χ3v) is 4.85. The highest BCUT2D eigenvalue weighted by atomic mass is 16.5. The minimum atomic E-state index is -0.288. The number of rotatable bonds is 6. The molecule has 4 aromatic rings. The van der Waals surface area contributed by atoms with Crippen molar-refractivity contribution in [3.8, 4) is 22.8 Å². The first-order chi connectivity index (χ1) is 14.6. The monoisotopic (exact) mass is 403 g/mol. The Labute approximate surface area is 173 Å². The summed E-state index contributed by atoms with van der Waals surface area (Å²) in [7, 11) is 3.11. The first-order valence-electron chi connectivity index (χ1n) is 9.39. The van der Waals surface area contributed by atoms with Crippen LogP contribution >= 0.6 is 0 Å². The standard InChI is InChI=1S/C24H21NO5/c1-28-21-9-7-17(13-19(21)22-10-8-18(14-26)30-22)25-24(27)20-11-15-5-3-4-6-16(15)12-23(20)29-2/h3-13,26H,14H2,1-2H3,(H,25,27). The van der Waals surface area contributed by atoms with Gasteiger partial charge in [0.15, 0.2) is 0 Å². The Morgan fingerprint density at radius 1 is 0.933 bits per heavy atom. The average Bonchev–Trinajstić information content (AvgIpc) is 3.27. The van der Waals surface area contributed by atoms with Crippen LogP contribution in [0.2, 0.25) is 0 Å². The number of hydrogen-bond acceptors (Lipinski definition) is 5. The van der Waals surface area contributed by atoms with Gasteiger partial charge in [-0.2, -0.15) is 0 Å². The van der Waals surface area contributed by atoms with Crippen LogP contribution in [0.25, 0.3) is 22.1 Å². The maximum absolute atomic E-state index is 13.0. The highest BCUT2D eigenvalue weighted by Crippen LogP contribution is 2.34. The molecule has 0 fully saturated rings. The van der Waals surface area contributed by atoms with Crippen molar-refractivity contribution in [2.75, 3.05) is 19.5 Å². The van der Waals surface area contributed by atoms with Crippen molar-refractivity contribution in [2.24, 2.45) is 0 Å². The van der Waals surface area contributed by atoms with E-state index in [9.17, 15) is 9.90 Å². The smallest absolute Gasteiger partial charge is 0.259 e. The molecule has 1 heterocycles. The lowest BCUT2D eigenvalue weighted by molar-refractivity contribution is 0.102. The van der Waals surface area contributed by atoms with Gasteiger partial charge in [0.25, 0.3) is 5.91 Å². The van der Waals surface area contributed by atoms with Gasteiger partial charge in [-0.25, -0.2) is 0 Å². The van der Waals surface area contributed by atoms with Crippen molar-refractivity contribution in [1.82, 2.24) is 0 Å². The Balaban J connectivity index is 1.68. The van der Waals surface area contributed by atoms with Crippen molar-refractivity contribution in [1.29, 1.82) is 0 Å². The van der Waals surface area contributed by atoms with Crippen molar-refractivity contribution < 1.29 is 23.8 Å². The number of benzene rings is 3. The van der Waals surface area contributed by atoms with E-state index in [-0.39, 0.29) is 12.5 Å². The van der Waals surface area contributed by atoms with Gasteiger partial charge in [-0.15, -0.1) is 0 Å². The molecule has 1 aromatic heterocycles. The van der Waals surface area contributed by atoms with Crippen LogP contribution < -0.4 is 14.8 Å². The van der Waals surface area contributed by atoms with Gasteiger partial charge >= 0.3 is 0 Å². The predicted octanol–water partition coefficient (Wildman–Crippen LogP) is 4.86. The molecule has 0 aliphatic carbocycles. The molecule has 30 heavy (non-hydrogen) atoms. The molecular formula is C24H21NO5. The molecule has 2 N–H and O–H groups in total. The molecule has 0 unspecified atom stereocenters. The molecule has 0 saturated carbocycles. The van der Waals surface area contributed by atoms with Gasteiger partial charge in [-0.3, -0.25) is 4.79 Å². The summed E-state index contributed by atoms with van der Waals surface area (Å²) in [6, 6.07) is 20.2. The Morgan fingerprint density at radius 2 is 1.67 bits per heavy atom. The zero-order chi connectivity index (χ0) is 21.1. The van der Waals surface area contributed by atoms with E-state index in [0.29, 0.717) is 39.8 Å². The lowest BCUT2D eigenvalue weighted by Crippen LogP contribution is -2.13. The van der Waals surface area contributed by atoms with Gasteiger partial charge in [0, 0.05) is 5.69 Å². The average molecular weight is 403 g/mol. The summed E-state index contributed by atoms with van der Waals surface area (Å²) in [5.41, 5.74) is 1.68. The van der Waals surface area contributed by atoms with Crippen LogP contribution in [0.15, 0.2) is 71.1 Å². The normalized spacial score (nSPS) is 10.8. The van der Waals surface area contributed by atoms with Crippen LogP contribution in [0.1, 0.15) is 16.1 Å². The van der Waals surface area contributed by atoms with Gasteiger partial charge in [0.2, 0.25) is 0 Å². The van der Waals surface area contributed by atoms with Crippen LogP contribution in [0.3, 0.4) is 0 Å². The second-order valence-corrected chi connectivity index (χ2v) is 6.69. The largest absolute Gasteiger partial charge is 0.496 e. The minimum Gasteiger partial charge on any atom is -0.496 e. The second-order valence-electron chi connectivity index (χ2n) is 6.69. The summed E-state index contributed by atoms with van der Waals surface area (Å²) in [6.07, 6.45) is 0. The van der Waals surface area contributed by atoms with Crippen LogP contribution in [-0.4, -0.2) is 25.2 Å².